The van der Waals surface area contributed by atoms with Crippen LogP contribution in [0.4, 0.5) is 0 Å². The van der Waals surface area contributed by atoms with Crippen LogP contribution in [0.25, 0.3) is 0 Å². The minimum atomic E-state index is -0.189. The van der Waals surface area contributed by atoms with Crippen LogP contribution in [0.1, 0.15) is 41.0 Å². The molecule has 2 unspecified atom stereocenters. The van der Waals surface area contributed by atoms with E-state index in [1.54, 1.807) is 0 Å². The molecule has 2 atom stereocenters. The van der Waals surface area contributed by atoms with Crippen LogP contribution in [0.2, 0.25) is 0 Å². The van der Waals surface area contributed by atoms with Crippen molar-refractivity contribution in [3.05, 3.63) is 11.6 Å². The molecule has 14 heavy (non-hydrogen) atoms. The van der Waals surface area contributed by atoms with Gasteiger partial charge in [0, 0.05) is 6.92 Å². The summed E-state index contributed by atoms with van der Waals surface area (Å²) >= 11 is 0. The molecule has 82 valence electrons. The molecule has 0 bridgehead atoms. The second-order valence-corrected chi connectivity index (χ2v) is 4.27. The Morgan fingerprint density at radius 2 is 1.79 bits per heavy atom. The van der Waals surface area contributed by atoms with Gasteiger partial charge in [0.1, 0.15) is 0 Å². The maximum atomic E-state index is 10.6. The molecule has 0 aromatic carbocycles. The highest BCUT2D eigenvalue weighted by molar-refractivity contribution is 5.65. The van der Waals surface area contributed by atoms with E-state index in [2.05, 4.69) is 33.8 Å². The lowest BCUT2D eigenvalue weighted by atomic mass is 9.93. The van der Waals surface area contributed by atoms with Crippen LogP contribution in [0.15, 0.2) is 11.6 Å². The normalized spacial score (nSPS) is 14.4. The van der Waals surface area contributed by atoms with Crippen molar-refractivity contribution in [2.24, 2.45) is 11.8 Å². The smallest absolute Gasteiger partial charge is 0.302 e. The highest BCUT2D eigenvalue weighted by Gasteiger charge is 2.12. The van der Waals surface area contributed by atoms with Gasteiger partial charge in [0.25, 0.3) is 0 Å². The number of carbonyl (C=O) groups excluding carboxylic acids is 1. The van der Waals surface area contributed by atoms with Gasteiger partial charge in [0.2, 0.25) is 0 Å². The van der Waals surface area contributed by atoms with Gasteiger partial charge in [0.05, 0.1) is 6.61 Å². The van der Waals surface area contributed by atoms with Crippen molar-refractivity contribution in [3.8, 4) is 0 Å². The fraction of sp³-hybridized carbons (Fsp3) is 0.750. The third kappa shape index (κ3) is 6.70. The summed E-state index contributed by atoms with van der Waals surface area (Å²) < 4.78 is 4.97. The van der Waals surface area contributed by atoms with Crippen molar-refractivity contribution in [3.63, 3.8) is 0 Å². The highest BCUT2D eigenvalue weighted by atomic mass is 16.5. The second-order valence-electron chi connectivity index (χ2n) is 4.27. The largest absolute Gasteiger partial charge is 0.466 e. The Labute approximate surface area is 87.3 Å². The van der Waals surface area contributed by atoms with E-state index >= 15 is 0 Å². The molecule has 0 radical (unpaired) electrons. The van der Waals surface area contributed by atoms with E-state index in [1.807, 2.05) is 0 Å². The first kappa shape index (κ1) is 13.2. The van der Waals surface area contributed by atoms with E-state index in [0.717, 1.165) is 6.42 Å². The Hall–Kier alpha value is -0.790. The van der Waals surface area contributed by atoms with Gasteiger partial charge in [-0.25, -0.2) is 0 Å². The monoisotopic (exact) mass is 198 g/mol. The third-order valence-corrected chi connectivity index (χ3v) is 2.42. The summed E-state index contributed by atoms with van der Waals surface area (Å²) in [6.07, 6.45) is 3.29. The number of esters is 1. The summed E-state index contributed by atoms with van der Waals surface area (Å²) in [4.78, 5) is 10.6. The molecule has 2 heteroatoms. The van der Waals surface area contributed by atoms with Gasteiger partial charge in [-0.05, 0) is 32.1 Å². The summed E-state index contributed by atoms with van der Waals surface area (Å²) in [5.74, 6) is 0.796. The molecule has 0 aliphatic heterocycles. The van der Waals surface area contributed by atoms with E-state index in [9.17, 15) is 4.79 Å². The molecule has 0 aliphatic carbocycles. The van der Waals surface area contributed by atoms with Gasteiger partial charge >= 0.3 is 5.97 Å². The van der Waals surface area contributed by atoms with E-state index in [4.69, 9.17) is 4.74 Å². The predicted octanol–water partition coefficient (Wildman–Crippen LogP) is 3.18. The Bertz CT molecular complexity index is 202. The maximum absolute atomic E-state index is 10.6. The molecule has 0 aromatic rings. The van der Waals surface area contributed by atoms with Crippen molar-refractivity contribution in [1.82, 2.24) is 0 Å². The zero-order chi connectivity index (χ0) is 11.1. The Morgan fingerprint density at radius 1 is 1.21 bits per heavy atom. The first-order valence-electron chi connectivity index (χ1n) is 5.20. The summed E-state index contributed by atoms with van der Waals surface area (Å²) in [6, 6.07) is 0. The average Bonchev–Trinajstić information content (AvgIpc) is 2.09. The van der Waals surface area contributed by atoms with Crippen molar-refractivity contribution >= 4 is 5.97 Å². The summed E-state index contributed by atoms with van der Waals surface area (Å²) in [6.45, 7) is 10.5. The second kappa shape index (κ2) is 6.63. The molecule has 0 aromatic heterocycles. The van der Waals surface area contributed by atoms with Crippen LogP contribution >= 0.6 is 0 Å². The van der Waals surface area contributed by atoms with E-state index in [-0.39, 0.29) is 5.97 Å². The molecule has 0 aliphatic rings. The molecule has 0 saturated carbocycles. The minimum absolute atomic E-state index is 0.189. The molecule has 0 fully saturated rings. The molecule has 0 rings (SSSR count). The van der Waals surface area contributed by atoms with Crippen LogP contribution in [0.5, 0.6) is 0 Å². The topological polar surface area (TPSA) is 26.3 Å². The average molecular weight is 198 g/mol. The molecule has 2 nitrogen and oxygen atoms in total. The van der Waals surface area contributed by atoms with Crippen molar-refractivity contribution in [1.29, 1.82) is 0 Å². The first-order chi connectivity index (χ1) is 6.43. The first-order valence-corrected chi connectivity index (χ1v) is 5.20. The molecular weight excluding hydrogens is 176 g/mol. The SMILES string of the molecule is CC(=O)OCC(C)C(C)CC=C(C)C. The van der Waals surface area contributed by atoms with Crippen LogP contribution in [0, 0.1) is 11.8 Å². The van der Waals surface area contributed by atoms with Gasteiger partial charge in [-0.2, -0.15) is 0 Å². The number of allylic oxidation sites excluding steroid dienone is 2. The minimum Gasteiger partial charge on any atom is -0.466 e. The number of carbonyl (C=O) groups is 1. The van der Waals surface area contributed by atoms with Crippen molar-refractivity contribution < 1.29 is 9.53 Å². The Morgan fingerprint density at radius 3 is 2.21 bits per heavy atom. The van der Waals surface area contributed by atoms with E-state index < -0.39 is 0 Å². The van der Waals surface area contributed by atoms with Gasteiger partial charge < -0.3 is 4.74 Å². The summed E-state index contributed by atoms with van der Waals surface area (Å²) in [7, 11) is 0. The molecule has 0 spiro atoms. The maximum Gasteiger partial charge on any atom is 0.302 e. The Kier molecular flexibility index (Phi) is 6.26. The van der Waals surface area contributed by atoms with Crippen molar-refractivity contribution in [2.75, 3.05) is 6.61 Å². The lowest BCUT2D eigenvalue weighted by Crippen LogP contribution is -2.16. The zero-order valence-electron chi connectivity index (χ0n) is 9.96. The van der Waals surface area contributed by atoms with Crippen LogP contribution in [-0.4, -0.2) is 12.6 Å². The quantitative estimate of drug-likeness (QED) is 0.501. The predicted molar refractivity (Wildman–Crippen MR) is 59.0 cm³/mol. The van der Waals surface area contributed by atoms with E-state index in [0.29, 0.717) is 18.4 Å². The molecule has 0 heterocycles. The highest BCUT2D eigenvalue weighted by Crippen LogP contribution is 2.16. The van der Waals surface area contributed by atoms with Crippen molar-refractivity contribution in [2.45, 2.75) is 41.0 Å². The summed E-state index contributed by atoms with van der Waals surface area (Å²) in [5, 5.41) is 0. The molecule has 0 saturated heterocycles. The number of ether oxygens (including phenoxy) is 1. The van der Waals surface area contributed by atoms with E-state index in [1.165, 1.54) is 12.5 Å². The van der Waals surface area contributed by atoms with Gasteiger partial charge in [-0.15, -0.1) is 0 Å². The van der Waals surface area contributed by atoms with Gasteiger partial charge in [0.15, 0.2) is 0 Å². The third-order valence-electron chi connectivity index (χ3n) is 2.42. The van der Waals surface area contributed by atoms with Gasteiger partial charge in [-0.1, -0.05) is 25.5 Å². The fourth-order valence-corrected chi connectivity index (χ4v) is 1.07. The number of rotatable bonds is 5. The fourth-order valence-electron chi connectivity index (χ4n) is 1.07. The number of hydrogen-bond acceptors (Lipinski definition) is 2. The number of hydrogen-bond donors (Lipinski definition) is 0. The molecular formula is C12H22O2. The lowest BCUT2D eigenvalue weighted by Gasteiger charge is -2.18. The lowest BCUT2D eigenvalue weighted by molar-refractivity contribution is -0.142. The van der Waals surface area contributed by atoms with Crippen LogP contribution < -0.4 is 0 Å². The van der Waals surface area contributed by atoms with Gasteiger partial charge in [-0.3, -0.25) is 4.79 Å². The Balaban J connectivity index is 3.81. The zero-order valence-corrected chi connectivity index (χ0v) is 9.96. The molecule has 0 N–H and O–H groups in total. The summed E-state index contributed by atoms with van der Waals surface area (Å²) in [5.41, 5.74) is 1.34. The van der Waals surface area contributed by atoms with Crippen LogP contribution in [-0.2, 0) is 9.53 Å². The standard InChI is InChI=1S/C12H22O2/c1-9(2)6-7-10(3)11(4)8-14-12(5)13/h6,10-11H,7-8H2,1-5H3. The van der Waals surface area contributed by atoms with Crippen LogP contribution in [0.3, 0.4) is 0 Å². The molecule has 0 amide bonds.